The zero-order valence-corrected chi connectivity index (χ0v) is 8.18. The lowest BCUT2D eigenvalue weighted by Gasteiger charge is -2.01. The van der Waals surface area contributed by atoms with Gasteiger partial charge in [0.25, 0.3) is 0 Å². The molecule has 0 aliphatic carbocycles. The highest BCUT2D eigenvalue weighted by molar-refractivity contribution is 5.76. The standard InChI is InChI=1S/C11H13NO3/c12-11(15)3-1-2-8-4-5-10(14)9(6-8)7-13/h1-2,4-6,13-14H,3,7H2,(H2,12,15). The van der Waals surface area contributed by atoms with Crippen LogP contribution in [0.3, 0.4) is 0 Å². The Morgan fingerprint density at radius 2 is 2.20 bits per heavy atom. The van der Waals surface area contributed by atoms with Gasteiger partial charge in [-0.1, -0.05) is 18.2 Å². The molecule has 0 unspecified atom stereocenters. The zero-order chi connectivity index (χ0) is 11.3. The lowest BCUT2D eigenvalue weighted by molar-refractivity contribution is -0.117. The molecule has 1 aromatic rings. The molecule has 4 heteroatoms. The molecule has 15 heavy (non-hydrogen) atoms. The molecular weight excluding hydrogens is 194 g/mol. The fraction of sp³-hybridized carbons (Fsp3) is 0.182. The number of aliphatic hydroxyl groups is 1. The van der Waals surface area contributed by atoms with Crippen molar-refractivity contribution in [2.45, 2.75) is 13.0 Å². The van der Waals surface area contributed by atoms with Crippen LogP contribution in [0.5, 0.6) is 5.75 Å². The number of hydrogen-bond acceptors (Lipinski definition) is 3. The van der Waals surface area contributed by atoms with Crippen LogP contribution in [0.2, 0.25) is 0 Å². The normalized spacial score (nSPS) is 10.7. The van der Waals surface area contributed by atoms with Crippen molar-refractivity contribution in [1.82, 2.24) is 0 Å². The van der Waals surface area contributed by atoms with Crippen LogP contribution < -0.4 is 5.73 Å². The van der Waals surface area contributed by atoms with Gasteiger partial charge in [-0.15, -0.1) is 0 Å². The van der Waals surface area contributed by atoms with Crippen molar-refractivity contribution in [3.8, 4) is 5.75 Å². The van der Waals surface area contributed by atoms with Crippen LogP contribution in [0.1, 0.15) is 17.5 Å². The van der Waals surface area contributed by atoms with Crippen LogP contribution in [0, 0.1) is 0 Å². The summed E-state index contributed by atoms with van der Waals surface area (Å²) in [5.74, 6) is -0.336. The summed E-state index contributed by atoms with van der Waals surface area (Å²) in [6.45, 7) is -0.219. The van der Waals surface area contributed by atoms with E-state index < -0.39 is 5.91 Å². The summed E-state index contributed by atoms with van der Waals surface area (Å²) in [5, 5.41) is 18.2. The van der Waals surface area contributed by atoms with Gasteiger partial charge >= 0.3 is 0 Å². The molecule has 0 spiro atoms. The molecule has 0 bridgehead atoms. The second-order valence-electron chi connectivity index (χ2n) is 3.12. The largest absolute Gasteiger partial charge is 0.508 e. The van der Waals surface area contributed by atoms with Crippen LogP contribution in [-0.2, 0) is 11.4 Å². The van der Waals surface area contributed by atoms with E-state index in [1.807, 2.05) is 0 Å². The average molecular weight is 207 g/mol. The maximum absolute atomic E-state index is 10.5. The fourth-order valence-corrected chi connectivity index (χ4v) is 1.15. The summed E-state index contributed by atoms with van der Waals surface area (Å²) in [5.41, 5.74) is 6.23. The molecule has 0 atom stereocenters. The first-order valence-corrected chi connectivity index (χ1v) is 4.51. The third kappa shape index (κ3) is 3.44. The molecule has 0 fully saturated rings. The van der Waals surface area contributed by atoms with Crippen LogP contribution in [0.25, 0.3) is 6.08 Å². The van der Waals surface area contributed by atoms with E-state index in [-0.39, 0.29) is 18.8 Å². The van der Waals surface area contributed by atoms with Gasteiger partial charge < -0.3 is 15.9 Å². The van der Waals surface area contributed by atoms with Gasteiger partial charge in [-0.2, -0.15) is 0 Å². The van der Waals surface area contributed by atoms with Crippen molar-refractivity contribution < 1.29 is 15.0 Å². The molecule has 4 nitrogen and oxygen atoms in total. The van der Waals surface area contributed by atoms with Gasteiger partial charge in [-0.25, -0.2) is 0 Å². The molecule has 0 aliphatic rings. The van der Waals surface area contributed by atoms with Gasteiger partial charge in [0.15, 0.2) is 0 Å². The van der Waals surface area contributed by atoms with Gasteiger partial charge in [0.2, 0.25) is 5.91 Å². The molecule has 4 N–H and O–H groups in total. The van der Waals surface area contributed by atoms with E-state index in [1.165, 1.54) is 6.07 Å². The van der Waals surface area contributed by atoms with Crippen LogP contribution in [0.4, 0.5) is 0 Å². The Labute approximate surface area is 87.7 Å². The number of amides is 1. The fourth-order valence-electron chi connectivity index (χ4n) is 1.15. The highest BCUT2D eigenvalue weighted by atomic mass is 16.3. The van der Waals surface area contributed by atoms with Crippen molar-refractivity contribution in [1.29, 1.82) is 0 Å². The maximum atomic E-state index is 10.5. The third-order valence-corrected chi connectivity index (χ3v) is 1.90. The number of nitrogens with two attached hydrogens (primary N) is 1. The van der Waals surface area contributed by atoms with Crippen LogP contribution in [0.15, 0.2) is 24.3 Å². The summed E-state index contributed by atoms with van der Waals surface area (Å²) in [4.78, 5) is 10.5. The second-order valence-corrected chi connectivity index (χ2v) is 3.12. The summed E-state index contributed by atoms with van der Waals surface area (Å²) in [6, 6.07) is 4.83. The molecule has 1 aromatic carbocycles. The summed E-state index contributed by atoms with van der Waals surface area (Å²) < 4.78 is 0. The predicted octanol–water partition coefficient (Wildman–Crippen LogP) is 0.773. The smallest absolute Gasteiger partial charge is 0.221 e. The van der Waals surface area contributed by atoms with Crippen molar-refractivity contribution in [3.05, 3.63) is 35.4 Å². The summed E-state index contributed by atoms with van der Waals surface area (Å²) in [7, 11) is 0. The Morgan fingerprint density at radius 1 is 1.47 bits per heavy atom. The molecule has 0 aromatic heterocycles. The van der Waals surface area contributed by atoms with E-state index in [1.54, 1.807) is 24.3 Å². The molecular formula is C11H13NO3. The van der Waals surface area contributed by atoms with Gasteiger partial charge in [-0.05, 0) is 17.7 Å². The number of primary amides is 1. The van der Waals surface area contributed by atoms with Crippen molar-refractivity contribution in [3.63, 3.8) is 0 Å². The second kappa shape index (κ2) is 5.17. The molecule has 0 saturated carbocycles. The van der Waals surface area contributed by atoms with Crippen LogP contribution in [-0.4, -0.2) is 16.1 Å². The predicted molar refractivity (Wildman–Crippen MR) is 56.9 cm³/mol. The average Bonchev–Trinajstić information content (AvgIpc) is 2.20. The molecule has 0 aliphatic heterocycles. The zero-order valence-electron chi connectivity index (χ0n) is 8.18. The SMILES string of the molecule is NC(=O)CC=Cc1ccc(O)c(CO)c1. The van der Waals surface area contributed by atoms with Gasteiger partial charge in [0, 0.05) is 12.0 Å². The number of carbonyl (C=O) groups excluding carboxylic acids is 1. The van der Waals surface area contributed by atoms with Crippen molar-refractivity contribution in [2.75, 3.05) is 0 Å². The highest BCUT2D eigenvalue weighted by Crippen LogP contribution is 2.19. The van der Waals surface area contributed by atoms with Gasteiger partial charge in [0.05, 0.1) is 6.61 Å². The molecule has 1 amide bonds. The maximum Gasteiger partial charge on any atom is 0.221 e. The van der Waals surface area contributed by atoms with Crippen LogP contribution >= 0.6 is 0 Å². The van der Waals surface area contributed by atoms with E-state index in [0.717, 1.165) is 5.56 Å². The molecule has 0 heterocycles. The minimum atomic E-state index is -0.396. The first-order chi connectivity index (χ1) is 7.13. The van der Waals surface area contributed by atoms with E-state index in [2.05, 4.69) is 0 Å². The number of hydrogen-bond donors (Lipinski definition) is 3. The Morgan fingerprint density at radius 3 is 2.80 bits per heavy atom. The molecule has 0 saturated heterocycles. The third-order valence-electron chi connectivity index (χ3n) is 1.90. The monoisotopic (exact) mass is 207 g/mol. The Bertz CT molecular complexity index is 385. The van der Waals surface area contributed by atoms with E-state index in [0.29, 0.717) is 5.56 Å². The number of aromatic hydroxyl groups is 1. The molecule has 80 valence electrons. The van der Waals surface area contributed by atoms with E-state index in [4.69, 9.17) is 10.8 Å². The summed E-state index contributed by atoms with van der Waals surface area (Å²) >= 11 is 0. The number of benzene rings is 1. The molecule has 1 rings (SSSR count). The Kier molecular flexibility index (Phi) is 3.88. The number of aliphatic hydroxyl groups excluding tert-OH is 1. The minimum absolute atomic E-state index is 0.0598. The molecule has 0 radical (unpaired) electrons. The summed E-state index contributed by atoms with van der Waals surface area (Å²) in [6.07, 6.45) is 3.52. The first-order valence-electron chi connectivity index (χ1n) is 4.51. The minimum Gasteiger partial charge on any atom is -0.508 e. The van der Waals surface area contributed by atoms with Crippen molar-refractivity contribution in [2.24, 2.45) is 5.73 Å². The quantitative estimate of drug-likeness (QED) is 0.682. The lowest BCUT2D eigenvalue weighted by Crippen LogP contribution is -2.07. The van der Waals surface area contributed by atoms with E-state index in [9.17, 15) is 9.90 Å². The van der Waals surface area contributed by atoms with Crippen molar-refractivity contribution >= 4 is 12.0 Å². The first kappa shape index (κ1) is 11.3. The van der Waals surface area contributed by atoms with Gasteiger partial charge in [-0.3, -0.25) is 4.79 Å². The van der Waals surface area contributed by atoms with E-state index >= 15 is 0 Å². The number of carbonyl (C=O) groups is 1. The highest BCUT2D eigenvalue weighted by Gasteiger charge is 1.99. The topological polar surface area (TPSA) is 83.6 Å². The number of rotatable bonds is 4. The Hall–Kier alpha value is -1.81. The number of phenols is 1. The lowest BCUT2D eigenvalue weighted by atomic mass is 10.1. The van der Waals surface area contributed by atoms with Gasteiger partial charge in [0.1, 0.15) is 5.75 Å². The Balaban J connectivity index is 2.78.